The average molecular weight is 393 g/mol. The minimum atomic E-state index is -0.779. The van der Waals surface area contributed by atoms with Gasteiger partial charge in [-0.05, 0) is 59.9 Å². The third-order valence-electron chi connectivity index (χ3n) is 5.59. The van der Waals surface area contributed by atoms with Gasteiger partial charge in [-0.1, -0.05) is 36.4 Å². The van der Waals surface area contributed by atoms with Crippen molar-refractivity contribution in [3.63, 3.8) is 0 Å². The van der Waals surface area contributed by atoms with Crippen molar-refractivity contribution in [3.8, 4) is 0 Å². The van der Waals surface area contributed by atoms with E-state index in [2.05, 4.69) is 26.5 Å². The summed E-state index contributed by atoms with van der Waals surface area (Å²) in [6.07, 6.45) is 7.82. The van der Waals surface area contributed by atoms with E-state index in [1.807, 2.05) is 65.6 Å². The molecule has 0 N–H and O–H groups in total. The van der Waals surface area contributed by atoms with Gasteiger partial charge in [0, 0.05) is 18.1 Å². The highest BCUT2D eigenvalue weighted by molar-refractivity contribution is 6.13. The molecule has 2 aromatic carbocycles. The maximum absolute atomic E-state index is 14.1. The normalized spacial score (nSPS) is 14.5. The third kappa shape index (κ3) is 3.03. The van der Waals surface area contributed by atoms with Crippen molar-refractivity contribution in [2.24, 2.45) is 0 Å². The number of para-hydroxylation sites is 2. The lowest BCUT2D eigenvalue weighted by molar-refractivity contribution is -0.122. The number of hydrogen-bond donors (Lipinski definition) is 0. The molecule has 0 fully saturated rings. The number of carbonyl (C=O) groups excluding carboxylic acids is 1. The molecule has 5 rings (SSSR count). The van der Waals surface area contributed by atoms with Gasteiger partial charge in [-0.15, -0.1) is 0 Å². The summed E-state index contributed by atoms with van der Waals surface area (Å²) in [6, 6.07) is 21.6. The summed E-state index contributed by atoms with van der Waals surface area (Å²) in [5.41, 5.74) is 3.93. The van der Waals surface area contributed by atoms with Gasteiger partial charge in [0.1, 0.15) is 0 Å². The summed E-state index contributed by atoms with van der Waals surface area (Å²) in [7, 11) is 0. The number of amides is 1. The molecular weight excluding hydrogens is 374 g/mol. The maximum Gasteiger partial charge on any atom is 0.242 e. The predicted octanol–water partition coefficient (Wildman–Crippen LogP) is 3.67. The second-order valence-corrected chi connectivity index (χ2v) is 7.43. The van der Waals surface area contributed by atoms with Crippen LogP contribution in [0.4, 0.5) is 11.4 Å². The van der Waals surface area contributed by atoms with Gasteiger partial charge in [0.05, 0.1) is 23.5 Å². The van der Waals surface area contributed by atoms with E-state index in [4.69, 9.17) is 0 Å². The van der Waals surface area contributed by atoms with Crippen LogP contribution < -0.4 is 4.90 Å². The predicted molar refractivity (Wildman–Crippen MR) is 113 cm³/mol. The number of anilines is 2. The smallest absolute Gasteiger partial charge is 0.242 e. The van der Waals surface area contributed by atoms with Gasteiger partial charge in [0.2, 0.25) is 5.91 Å². The van der Waals surface area contributed by atoms with Crippen LogP contribution in [0.2, 0.25) is 0 Å². The molecule has 3 heterocycles. The van der Waals surface area contributed by atoms with E-state index in [1.165, 1.54) is 0 Å². The van der Waals surface area contributed by atoms with Gasteiger partial charge in [-0.3, -0.25) is 9.69 Å². The third-order valence-corrected chi connectivity index (χ3v) is 5.59. The van der Waals surface area contributed by atoms with Crippen molar-refractivity contribution in [2.75, 3.05) is 4.90 Å². The quantitative estimate of drug-likeness (QED) is 0.517. The molecule has 4 aromatic rings. The molecule has 0 saturated heterocycles. The first kappa shape index (κ1) is 18.1. The van der Waals surface area contributed by atoms with Gasteiger partial charge < -0.3 is 0 Å². The van der Waals surface area contributed by atoms with Crippen LogP contribution in [-0.4, -0.2) is 26.3 Å². The number of hydrogen-bond acceptors (Lipinski definition) is 5. The van der Waals surface area contributed by atoms with Crippen molar-refractivity contribution >= 4 is 17.3 Å². The summed E-state index contributed by atoms with van der Waals surface area (Å²) in [5.74, 6) is 0.0449. The summed E-state index contributed by atoms with van der Waals surface area (Å²) in [4.78, 5) is 16.0. The molecule has 0 atom stereocenters. The molecule has 0 spiro atoms. The molecule has 0 unspecified atom stereocenters. The summed E-state index contributed by atoms with van der Waals surface area (Å²) >= 11 is 0. The topological polar surface area (TPSA) is 71.9 Å². The standard InChI is InChI=1S/C24H19N5O/c30-23-24(14-18-10-12-25-27-16-18,15-19-11-13-26-28-17-19)21-8-4-5-9-22(21)29(23)20-6-2-1-3-7-20/h1-13,16-17H,14-15H2. The number of carbonyl (C=O) groups is 1. The molecule has 146 valence electrons. The van der Waals surface area contributed by atoms with E-state index >= 15 is 0 Å². The van der Waals surface area contributed by atoms with Crippen LogP contribution in [0.1, 0.15) is 16.7 Å². The van der Waals surface area contributed by atoms with Gasteiger partial charge in [-0.2, -0.15) is 20.4 Å². The molecule has 6 nitrogen and oxygen atoms in total. The lowest BCUT2D eigenvalue weighted by Gasteiger charge is -2.29. The molecule has 0 bridgehead atoms. The van der Waals surface area contributed by atoms with Crippen molar-refractivity contribution in [1.82, 2.24) is 20.4 Å². The molecule has 2 aromatic heterocycles. The van der Waals surface area contributed by atoms with Gasteiger partial charge in [0.25, 0.3) is 0 Å². The first-order valence-electron chi connectivity index (χ1n) is 9.78. The van der Waals surface area contributed by atoms with Crippen molar-refractivity contribution in [2.45, 2.75) is 18.3 Å². The van der Waals surface area contributed by atoms with Crippen LogP contribution in [0.3, 0.4) is 0 Å². The molecule has 30 heavy (non-hydrogen) atoms. The zero-order valence-electron chi connectivity index (χ0n) is 16.2. The molecule has 6 heteroatoms. The highest BCUT2D eigenvalue weighted by Crippen LogP contribution is 2.48. The molecular formula is C24H19N5O. The molecule has 0 radical (unpaired) electrons. The number of nitrogens with zero attached hydrogens (tertiary/aromatic N) is 5. The number of benzene rings is 2. The van der Waals surface area contributed by atoms with E-state index in [0.29, 0.717) is 12.8 Å². The van der Waals surface area contributed by atoms with E-state index < -0.39 is 5.41 Å². The maximum atomic E-state index is 14.1. The van der Waals surface area contributed by atoms with Crippen molar-refractivity contribution < 1.29 is 4.79 Å². The van der Waals surface area contributed by atoms with Crippen LogP contribution in [0.25, 0.3) is 0 Å². The average Bonchev–Trinajstić information content (AvgIpc) is 3.04. The van der Waals surface area contributed by atoms with Crippen LogP contribution in [-0.2, 0) is 23.1 Å². The van der Waals surface area contributed by atoms with Gasteiger partial charge >= 0.3 is 0 Å². The fourth-order valence-electron chi connectivity index (χ4n) is 4.29. The SMILES string of the molecule is O=C1N(c2ccccc2)c2ccccc2C1(Cc1ccnnc1)Cc1ccnnc1. The van der Waals surface area contributed by atoms with Gasteiger partial charge in [-0.25, -0.2) is 0 Å². The first-order chi connectivity index (χ1) is 14.8. The zero-order valence-corrected chi connectivity index (χ0v) is 16.2. The fourth-order valence-corrected chi connectivity index (χ4v) is 4.29. The van der Waals surface area contributed by atoms with Crippen molar-refractivity contribution in [3.05, 3.63) is 108 Å². The Bertz CT molecular complexity index is 1120. The fraction of sp³-hybridized carbons (Fsp3) is 0.125. The Kier molecular flexibility index (Phi) is 4.52. The number of aromatic nitrogens is 4. The monoisotopic (exact) mass is 393 g/mol. The van der Waals surface area contributed by atoms with E-state index in [9.17, 15) is 4.79 Å². The Balaban J connectivity index is 1.70. The van der Waals surface area contributed by atoms with Crippen LogP contribution in [0, 0.1) is 0 Å². The molecule has 1 aliphatic rings. The zero-order chi connectivity index (χ0) is 20.4. The Labute approximate surface area is 174 Å². The molecule has 0 saturated carbocycles. The lowest BCUT2D eigenvalue weighted by Crippen LogP contribution is -2.42. The highest BCUT2D eigenvalue weighted by atomic mass is 16.2. The lowest BCUT2D eigenvalue weighted by atomic mass is 9.72. The summed E-state index contributed by atoms with van der Waals surface area (Å²) in [5, 5.41) is 15.8. The Morgan fingerprint density at radius 3 is 1.90 bits per heavy atom. The minimum absolute atomic E-state index is 0.0449. The largest absolute Gasteiger partial charge is 0.280 e. The van der Waals surface area contributed by atoms with Crippen LogP contribution >= 0.6 is 0 Å². The van der Waals surface area contributed by atoms with Crippen LogP contribution in [0.15, 0.2) is 91.5 Å². The second-order valence-electron chi connectivity index (χ2n) is 7.43. The van der Waals surface area contributed by atoms with Gasteiger partial charge in [0.15, 0.2) is 0 Å². The highest BCUT2D eigenvalue weighted by Gasteiger charge is 2.51. The molecule has 1 aliphatic heterocycles. The Morgan fingerprint density at radius 1 is 0.700 bits per heavy atom. The minimum Gasteiger partial charge on any atom is -0.280 e. The number of rotatable bonds is 5. The first-order valence-corrected chi connectivity index (χ1v) is 9.78. The molecule has 0 aliphatic carbocycles. The summed E-state index contributed by atoms with van der Waals surface area (Å²) in [6.45, 7) is 0. The van der Waals surface area contributed by atoms with E-state index in [1.54, 1.807) is 24.8 Å². The summed E-state index contributed by atoms with van der Waals surface area (Å²) < 4.78 is 0. The van der Waals surface area contributed by atoms with E-state index in [0.717, 1.165) is 28.1 Å². The van der Waals surface area contributed by atoms with E-state index in [-0.39, 0.29) is 5.91 Å². The van der Waals surface area contributed by atoms with Crippen LogP contribution in [0.5, 0.6) is 0 Å². The van der Waals surface area contributed by atoms with Crippen molar-refractivity contribution in [1.29, 1.82) is 0 Å². The second kappa shape index (κ2) is 7.48. The molecule has 1 amide bonds. The Morgan fingerprint density at radius 2 is 1.30 bits per heavy atom. The Hall–Kier alpha value is -3.93. The number of fused-ring (bicyclic) bond motifs is 1.